The smallest absolute Gasteiger partial charge is 0.0927 e. The number of rotatable bonds is 3. The molecular formula is C9H17NO3. The fourth-order valence-electron chi connectivity index (χ4n) is 1.74. The molecule has 4 nitrogen and oxygen atoms in total. The SMILES string of the molecule is C=CC[C@H]1NC[C@@H](O)[C@H](O)[C@H]1CO. The molecule has 13 heavy (non-hydrogen) atoms. The normalized spacial score (nSPS) is 40.2. The standard InChI is InChI=1S/C9H17NO3/c1-2-3-7-6(5-11)9(13)8(12)4-10-7/h2,6-13H,1,3-5H2/t6-,7+,8+,9+/m0/s1. The molecule has 0 amide bonds. The van der Waals surface area contributed by atoms with E-state index in [9.17, 15) is 10.2 Å². The average molecular weight is 187 g/mol. The monoisotopic (exact) mass is 187 g/mol. The minimum Gasteiger partial charge on any atom is -0.396 e. The third kappa shape index (κ3) is 2.28. The number of piperidine rings is 1. The summed E-state index contributed by atoms with van der Waals surface area (Å²) in [6, 6.07) is 0.0147. The first-order valence-electron chi connectivity index (χ1n) is 4.52. The molecule has 0 unspecified atom stereocenters. The molecule has 0 aromatic rings. The Bertz CT molecular complexity index is 174. The van der Waals surface area contributed by atoms with E-state index in [1.54, 1.807) is 6.08 Å². The van der Waals surface area contributed by atoms with Gasteiger partial charge in [0.25, 0.3) is 0 Å². The molecule has 0 radical (unpaired) electrons. The van der Waals surface area contributed by atoms with E-state index in [1.165, 1.54) is 0 Å². The molecule has 0 aromatic heterocycles. The molecule has 1 aliphatic heterocycles. The largest absolute Gasteiger partial charge is 0.396 e. The Hall–Kier alpha value is -0.420. The van der Waals surface area contributed by atoms with Crippen molar-refractivity contribution < 1.29 is 15.3 Å². The fraction of sp³-hybridized carbons (Fsp3) is 0.778. The zero-order valence-electron chi connectivity index (χ0n) is 7.56. The fourth-order valence-corrected chi connectivity index (χ4v) is 1.74. The summed E-state index contributed by atoms with van der Waals surface area (Å²) in [6.45, 7) is 3.85. The van der Waals surface area contributed by atoms with Crippen LogP contribution in [-0.4, -0.2) is 46.7 Å². The van der Waals surface area contributed by atoms with Gasteiger partial charge in [0.1, 0.15) is 0 Å². The van der Waals surface area contributed by atoms with Crippen molar-refractivity contribution >= 4 is 0 Å². The van der Waals surface area contributed by atoms with Gasteiger partial charge in [-0.1, -0.05) is 6.08 Å². The minimum absolute atomic E-state index is 0.0147. The van der Waals surface area contributed by atoms with Gasteiger partial charge in [0.15, 0.2) is 0 Å². The third-order valence-corrected chi connectivity index (χ3v) is 2.57. The van der Waals surface area contributed by atoms with Gasteiger partial charge in [-0.3, -0.25) is 0 Å². The molecule has 0 bridgehead atoms. The van der Waals surface area contributed by atoms with Crippen molar-refractivity contribution in [2.45, 2.75) is 24.7 Å². The summed E-state index contributed by atoms with van der Waals surface area (Å²) in [6.07, 6.45) is 0.814. The van der Waals surface area contributed by atoms with Gasteiger partial charge in [-0.15, -0.1) is 6.58 Å². The van der Waals surface area contributed by atoms with E-state index in [1.807, 2.05) is 0 Å². The van der Waals surface area contributed by atoms with Crippen LogP contribution < -0.4 is 5.32 Å². The number of nitrogens with one attached hydrogen (secondary N) is 1. The van der Waals surface area contributed by atoms with Crippen LogP contribution in [0.1, 0.15) is 6.42 Å². The molecule has 1 heterocycles. The molecule has 0 saturated carbocycles. The van der Waals surface area contributed by atoms with Gasteiger partial charge in [-0.25, -0.2) is 0 Å². The van der Waals surface area contributed by atoms with Crippen molar-refractivity contribution in [1.29, 1.82) is 0 Å². The Morgan fingerprint density at radius 3 is 2.69 bits per heavy atom. The number of hydrogen-bond donors (Lipinski definition) is 4. The Balaban J connectivity index is 2.59. The molecule has 0 spiro atoms. The van der Waals surface area contributed by atoms with E-state index >= 15 is 0 Å². The molecule has 1 rings (SSSR count). The maximum absolute atomic E-state index is 9.55. The second-order valence-electron chi connectivity index (χ2n) is 3.44. The summed E-state index contributed by atoms with van der Waals surface area (Å²) in [4.78, 5) is 0. The summed E-state index contributed by atoms with van der Waals surface area (Å²) < 4.78 is 0. The molecule has 0 aliphatic carbocycles. The highest BCUT2D eigenvalue weighted by Gasteiger charge is 2.36. The van der Waals surface area contributed by atoms with Gasteiger partial charge in [-0.05, 0) is 6.42 Å². The molecule has 76 valence electrons. The molecule has 1 fully saturated rings. The predicted molar refractivity (Wildman–Crippen MR) is 49.2 cm³/mol. The summed E-state index contributed by atoms with van der Waals surface area (Å²) in [5.41, 5.74) is 0. The van der Waals surface area contributed by atoms with Gasteiger partial charge in [0.05, 0.1) is 12.2 Å². The lowest BCUT2D eigenvalue weighted by atomic mass is 9.85. The van der Waals surface area contributed by atoms with Crippen molar-refractivity contribution in [1.82, 2.24) is 5.32 Å². The topological polar surface area (TPSA) is 72.7 Å². The number of β-amino-alcohol motifs (C(OH)–C–C–N with tert-alkyl or cyclic N) is 1. The minimum atomic E-state index is -0.837. The van der Waals surface area contributed by atoms with Crippen LogP contribution in [0.3, 0.4) is 0 Å². The lowest BCUT2D eigenvalue weighted by molar-refractivity contribution is -0.0661. The number of aliphatic hydroxyl groups is 3. The first-order chi connectivity index (χ1) is 6.20. The highest BCUT2D eigenvalue weighted by molar-refractivity contribution is 4.94. The average Bonchev–Trinajstić information content (AvgIpc) is 2.12. The van der Waals surface area contributed by atoms with E-state index in [-0.39, 0.29) is 18.6 Å². The van der Waals surface area contributed by atoms with Crippen molar-refractivity contribution in [2.24, 2.45) is 5.92 Å². The summed E-state index contributed by atoms with van der Waals surface area (Å²) >= 11 is 0. The van der Waals surface area contributed by atoms with E-state index in [2.05, 4.69) is 11.9 Å². The second kappa shape index (κ2) is 4.72. The predicted octanol–water partition coefficient (Wildman–Crippen LogP) is -1.14. The first-order valence-corrected chi connectivity index (χ1v) is 4.52. The van der Waals surface area contributed by atoms with Crippen LogP contribution in [0.2, 0.25) is 0 Å². The van der Waals surface area contributed by atoms with E-state index in [4.69, 9.17) is 5.11 Å². The molecule has 4 N–H and O–H groups in total. The molecule has 1 aliphatic rings. The Labute approximate surface area is 77.9 Å². The summed E-state index contributed by atoms with van der Waals surface area (Å²) in [5.74, 6) is -0.304. The van der Waals surface area contributed by atoms with E-state index in [0.29, 0.717) is 13.0 Å². The lowest BCUT2D eigenvalue weighted by Gasteiger charge is -2.37. The molecular weight excluding hydrogens is 170 g/mol. The maximum Gasteiger partial charge on any atom is 0.0927 e. The van der Waals surface area contributed by atoms with Crippen molar-refractivity contribution in [3.63, 3.8) is 0 Å². The molecule has 0 aromatic carbocycles. The number of hydrogen-bond acceptors (Lipinski definition) is 4. The van der Waals surface area contributed by atoms with E-state index in [0.717, 1.165) is 0 Å². The van der Waals surface area contributed by atoms with Gasteiger partial charge < -0.3 is 20.6 Å². The van der Waals surface area contributed by atoms with Gasteiger partial charge in [0, 0.05) is 25.1 Å². The van der Waals surface area contributed by atoms with Gasteiger partial charge >= 0.3 is 0 Å². The molecule has 4 heteroatoms. The molecule has 4 atom stereocenters. The summed E-state index contributed by atoms with van der Waals surface area (Å²) in [5, 5.41) is 31.0. The lowest BCUT2D eigenvalue weighted by Crippen LogP contribution is -2.57. The Kier molecular flexibility index (Phi) is 3.87. The quantitative estimate of drug-likeness (QED) is 0.422. The zero-order chi connectivity index (χ0) is 9.84. The first kappa shape index (κ1) is 10.7. The highest BCUT2D eigenvalue weighted by atomic mass is 16.3. The van der Waals surface area contributed by atoms with Crippen molar-refractivity contribution in [3.05, 3.63) is 12.7 Å². The number of aliphatic hydroxyl groups excluding tert-OH is 3. The maximum atomic E-state index is 9.55. The summed E-state index contributed by atoms with van der Waals surface area (Å²) in [7, 11) is 0. The van der Waals surface area contributed by atoms with Crippen LogP contribution in [0.4, 0.5) is 0 Å². The van der Waals surface area contributed by atoms with Crippen LogP contribution in [-0.2, 0) is 0 Å². The highest BCUT2D eigenvalue weighted by Crippen LogP contribution is 2.19. The zero-order valence-corrected chi connectivity index (χ0v) is 7.56. The van der Waals surface area contributed by atoms with Crippen LogP contribution in [0.15, 0.2) is 12.7 Å². The van der Waals surface area contributed by atoms with Crippen LogP contribution in [0.5, 0.6) is 0 Å². The van der Waals surface area contributed by atoms with E-state index < -0.39 is 12.2 Å². The van der Waals surface area contributed by atoms with Crippen LogP contribution >= 0.6 is 0 Å². The van der Waals surface area contributed by atoms with Crippen molar-refractivity contribution in [2.75, 3.05) is 13.2 Å². The molecule has 1 saturated heterocycles. The van der Waals surface area contributed by atoms with Crippen LogP contribution in [0, 0.1) is 5.92 Å². The van der Waals surface area contributed by atoms with Gasteiger partial charge in [-0.2, -0.15) is 0 Å². The van der Waals surface area contributed by atoms with Gasteiger partial charge in [0.2, 0.25) is 0 Å². The second-order valence-corrected chi connectivity index (χ2v) is 3.44. The Morgan fingerprint density at radius 1 is 1.46 bits per heavy atom. The third-order valence-electron chi connectivity index (χ3n) is 2.57. The Morgan fingerprint density at radius 2 is 2.15 bits per heavy atom. The van der Waals surface area contributed by atoms with Crippen LogP contribution in [0.25, 0.3) is 0 Å². The van der Waals surface area contributed by atoms with Crippen molar-refractivity contribution in [3.8, 4) is 0 Å².